The Hall–Kier alpha value is -0.570. The van der Waals surface area contributed by atoms with Gasteiger partial charge in [0.1, 0.15) is 0 Å². The second-order valence-electron chi connectivity index (χ2n) is 6.86. The van der Waals surface area contributed by atoms with Crippen LogP contribution in [0.1, 0.15) is 78.1 Å². The van der Waals surface area contributed by atoms with Crippen molar-refractivity contribution < 1.29 is 9.90 Å². The second-order valence-corrected chi connectivity index (χ2v) is 6.86. The van der Waals surface area contributed by atoms with Gasteiger partial charge in [-0.3, -0.25) is 4.79 Å². The van der Waals surface area contributed by atoms with Crippen LogP contribution in [0, 0.1) is 11.8 Å². The van der Waals surface area contributed by atoms with Gasteiger partial charge < -0.3 is 10.0 Å². The molecule has 0 aromatic heterocycles. The smallest absolute Gasteiger partial charge is 0.308 e. The van der Waals surface area contributed by atoms with Crippen LogP contribution in [0.25, 0.3) is 0 Å². The molecule has 1 N–H and O–H groups in total. The minimum absolute atomic E-state index is 0.145. The zero-order valence-electron chi connectivity index (χ0n) is 14.1. The third kappa shape index (κ3) is 7.85. The predicted octanol–water partition coefficient (Wildman–Crippen LogP) is 4.56. The molecule has 0 spiro atoms. The summed E-state index contributed by atoms with van der Waals surface area (Å²) in [4.78, 5) is 13.4. The molecule has 2 atom stereocenters. The highest BCUT2D eigenvalue weighted by atomic mass is 16.4. The lowest BCUT2D eigenvalue weighted by Gasteiger charge is -2.14. The van der Waals surface area contributed by atoms with Crippen LogP contribution in [-0.4, -0.2) is 35.6 Å². The number of carboxylic acids is 1. The van der Waals surface area contributed by atoms with Crippen molar-refractivity contribution in [2.24, 2.45) is 11.8 Å². The first-order valence-electron chi connectivity index (χ1n) is 9.10. The highest BCUT2D eigenvalue weighted by Crippen LogP contribution is 2.23. The van der Waals surface area contributed by atoms with Gasteiger partial charge in [-0.05, 0) is 18.9 Å². The molecular formula is C18H35NO2. The standard InChI is InChI=1S/C18H35NO2/c1-3-4-5-6-7-8-9-10-11-12-13-19-14-16(2)17(15-19)18(20)21/h16-17H,3-15H2,1-2H3,(H,20,21)/t16-,17-/m1/s1. The van der Waals surface area contributed by atoms with E-state index in [-0.39, 0.29) is 5.92 Å². The maximum absolute atomic E-state index is 11.1. The largest absolute Gasteiger partial charge is 0.481 e. The first kappa shape index (κ1) is 18.5. The molecule has 0 radical (unpaired) electrons. The molecule has 1 aliphatic heterocycles. The third-order valence-corrected chi connectivity index (χ3v) is 4.83. The number of unbranched alkanes of at least 4 members (excludes halogenated alkanes) is 9. The van der Waals surface area contributed by atoms with Gasteiger partial charge in [0, 0.05) is 13.1 Å². The molecule has 3 nitrogen and oxygen atoms in total. The van der Waals surface area contributed by atoms with E-state index in [2.05, 4.69) is 18.7 Å². The van der Waals surface area contributed by atoms with Crippen LogP contribution in [0.4, 0.5) is 0 Å². The monoisotopic (exact) mass is 297 g/mol. The molecule has 1 rings (SSSR count). The summed E-state index contributed by atoms with van der Waals surface area (Å²) in [7, 11) is 0. The van der Waals surface area contributed by atoms with Crippen molar-refractivity contribution in [1.29, 1.82) is 0 Å². The fourth-order valence-electron chi connectivity index (χ4n) is 3.39. The van der Waals surface area contributed by atoms with E-state index in [4.69, 9.17) is 5.11 Å². The Kier molecular flexibility index (Phi) is 9.73. The van der Waals surface area contributed by atoms with E-state index in [0.717, 1.165) is 19.6 Å². The fraction of sp³-hybridized carbons (Fsp3) is 0.944. The van der Waals surface area contributed by atoms with Crippen LogP contribution in [0.15, 0.2) is 0 Å². The minimum atomic E-state index is -0.618. The van der Waals surface area contributed by atoms with Crippen molar-refractivity contribution in [2.75, 3.05) is 19.6 Å². The molecule has 1 aliphatic rings. The van der Waals surface area contributed by atoms with Crippen LogP contribution in [0.3, 0.4) is 0 Å². The van der Waals surface area contributed by atoms with Gasteiger partial charge in [-0.15, -0.1) is 0 Å². The lowest BCUT2D eigenvalue weighted by atomic mass is 9.99. The summed E-state index contributed by atoms with van der Waals surface area (Å²) in [5.41, 5.74) is 0. The van der Waals surface area contributed by atoms with Crippen LogP contribution in [-0.2, 0) is 4.79 Å². The molecule has 0 bridgehead atoms. The number of hydrogen-bond donors (Lipinski definition) is 1. The van der Waals surface area contributed by atoms with Crippen molar-refractivity contribution in [3.8, 4) is 0 Å². The van der Waals surface area contributed by atoms with E-state index < -0.39 is 5.97 Å². The zero-order chi connectivity index (χ0) is 15.5. The van der Waals surface area contributed by atoms with Gasteiger partial charge >= 0.3 is 5.97 Å². The SMILES string of the molecule is CCCCCCCCCCCCN1C[C@@H](C)[C@H](C(=O)O)C1. The molecule has 0 amide bonds. The molecule has 124 valence electrons. The molecule has 0 aromatic rings. The Morgan fingerprint density at radius 2 is 1.48 bits per heavy atom. The fourth-order valence-corrected chi connectivity index (χ4v) is 3.39. The van der Waals surface area contributed by atoms with Gasteiger partial charge in [-0.2, -0.15) is 0 Å². The van der Waals surface area contributed by atoms with Gasteiger partial charge in [-0.1, -0.05) is 71.6 Å². The predicted molar refractivity (Wildman–Crippen MR) is 88.6 cm³/mol. The Balaban J connectivity index is 1.90. The normalized spacial score (nSPS) is 22.8. The minimum Gasteiger partial charge on any atom is -0.481 e. The van der Waals surface area contributed by atoms with Crippen LogP contribution in [0.2, 0.25) is 0 Å². The molecule has 0 aromatic carbocycles. The molecular weight excluding hydrogens is 262 g/mol. The van der Waals surface area contributed by atoms with Gasteiger partial charge in [0.05, 0.1) is 5.92 Å². The first-order valence-corrected chi connectivity index (χ1v) is 9.10. The molecule has 1 saturated heterocycles. The summed E-state index contributed by atoms with van der Waals surface area (Å²) in [6.07, 6.45) is 13.6. The van der Waals surface area contributed by atoms with Crippen molar-refractivity contribution in [3.63, 3.8) is 0 Å². The van der Waals surface area contributed by atoms with E-state index in [0.29, 0.717) is 5.92 Å². The summed E-state index contributed by atoms with van der Waals surface area (Å²) in [6.45, 7) is 7.14. The molecule has 1 fully saturated rings. The van der Waals surface area contributed by atoms with Crippen LogP contribution in [0.5, 0.6) is 0 Å². The Labute approximate surface area is 131 Å². The van der Waals surface area contributed by atoms with Crippen molar-refractivity contribution in [3.05, 3.63) is 0 Å². The molecule has 0 aliphatic carbocycles. The lowest BCUT2D eigenvalue weighted by molar-refractivity contribution is -0.142. The average molecular weight is 297 g/mol. The summed E-state index contributed by atoms with van der Waals surface area (Å²) in [5, 5.41) is 9.12. The first-order chi connectivity index (χ1) is 10.1. The number of rotatable bonds is 12. The van der Waals surface area contributed by atoms with E-state index in [1.807, 2.05) is 0 Å². The number of likely N-dealkylation sites (tertiary alicyclic amines) is 1. The highest BCUT2D eigenvalue weighted by Gasteiger charge is 2.33. The van der Waals surface area contributed by atoms with E-state index >= 15 is 0 Å². The maximum atomic E-state index is 11.1. The Morgan fingerprint density at radius 3 is 1.95 bits per heavy atom. The van der Waals surface area contributed by atoms with Crippen molar-refractivity contribution in [1.82, 2.24) is 4.90 Å². The zero-order valence-corrected chi connectivity index (χ0v) is 14.1. The number of nitrogens with zero attached hydrogens (tertiary/aromatic N) is 1. The molecule has 21 heavy (non-hydrogen) atoms. The quantitative estimate of drug-likeness (QED) is 0.537. The van der Waals surface area contributed by atoms with Crippen molar-refractivity contribution in [2.45, 2.75) is 78.1 Å². The van der Waals surface area contributed by atoms with E-state index in [9.17, 15) is 4.79 Å². The molecule has 1 heterocycles. The van der Waals surface area contributed by atoms with Gasteiger partial charge in [0.25, 0.3) is 0 Å². The molecule has 3 heteroatoms. The number of carboxylic acid groups (broad SMARTS) is 1. The third-order valence-electron chi connectivity index (χ3n) is 4.83. The summed E-state index contributed by atoms with van der Waals surface area (Å²) < 4.78 is 0. The van der Waals surface area contributed by atoms with E-state index in [1.165, 1.54) is 64.2 Å². The van der Waals surface area contributed by atoms with Gasteiger partial charge in [0.15, 0.2) is 0 Å². The second kappa shape index (κ2) is 11.1. The lowest BCUT2D eigenvalue weighted by Crippen LogP contribution is -2.24. The van der Waals surface area contributed by atoms with Crippen molar-refractivity contribution >= 4 is 5.97 Å². The Morgan fingerprint density at radius 1 is 0.952 bits per heavy atom. The summed E-state index contributed by atoms with van der Waals surface area (Å²) in [5.74, 6) is -0.452. The van der Waals surface area contributed by atoms with E-state index in [1.54, 1.807) is 0 Å². The highest BCUT2D eigenvalue weighted by molar-refractivity contribution is 5.71. The average Bonchev–Trinajstić information content (AvgIpc) is 2.82. The molecule has 0 unspecified atom stereocenters. The maximum Gasteiger partial charge on any atom is 0.308 e. The summed E-state index contributed by atoms with van der Waals surface area (Å²) in [6, 6.07) is 0. The number of carbonyl (C=O) groups is 1. The van der Waals surface area contributed by atoms with Crippen LogP contribution < -0.4 is 0 Å². The number of aliphatic carboxylic acids is 1. The van der Waals surface area contributed by atoms with Gasteiger partial charge in [0.2, 0.25) is 0 Å². The summed E-state index contributed by atoms with van der Waals surface area (Å²) >= 11 is 0. The van der Waals surface area contributed by atoms with Crippen LogP contribution >= 0.6 is 0 Å². The number of hydrogen-bond acceptors (Lipinski definition) is 2. The van der Waals surface area contributed by atoms with Gasteiger partial charge in [-0.25, -0.2) is 0 Å². The topological polar surface area (TPSA) is 40.5 Å². The Bertz CT molecular complexity index is 280. The molecule has 0 saturated carbocycles.